The third-order valence-corrected chi connectivity index (χ3v) is 4.78. The molecule has 2 heterocycles. The lowest BCUT2D eigenvalue weighted by molar-refractivity contribution is -0.0440. The fraction of sp³-hybridized carbons (Fsp3) is 0.727. The van der Waals surface area contributed by atoms with E-state index in [1.165, 1.54) is 16.7 Å². The van der Waals surface area contributed by atoms with Crippen LogP contribution in [0.3, 0.4) is 0 Å². The molecular formula is C11H20N4O3S. The normalized spacial score (nSPS) is 25.6. The first-order valence-corrected chi connectivity index (χ1v) is 7.75. The predicted molar refractivity (Wildman–Crippen MR) is 70.0 cm³/mol. The van der Waals surface area contributed by atoms with Gasteiger partial charge in [0.25, 0.3) is 0 Å². The Kier molecular flexibility index (Phi) is 4.24. The van der Waals surface area contributed by atoms with Gasteiger partial charge < -0.3 is 10.5 Å². The molecule has 0 unspecified atom stereocenters. The molecular weight excluding hydrogens is 268 g/mol. The van der Waals surface area contributed by atoms with Gasteiger partial charge in [-0.25, -0.2) is 8.42 Å². The number of hydrogen-bond donors (Lipinski definition) is 1. The van der Waals surface area contributed by atoms with E-state index in [0.29, 0.717) is 26.2 Å². The van der Waals surface area contributed by atoms with Crippen LogP contribution in [0.15, 0.2) is 17.3 Å². The minimum absolute atomic E-state index is 0.0994. The summed E-state index contributed by atoms with van der Waals surface area (Å²) in [6.45, 7) is 5.41. The number of ether oxygens (including phenoxy) is 1. The summed E-state index contributed by atoms with van der Waals surface area (Å²) in [7, 11) is -3.50. The van der Waals surface area contributed by atoms with Gasteiger partial charge in [-0.3, -0.25) is 4.68 Å². The van der Waals surface area contributed by atoms with E-state index in [0.717, 1.165) is 0 Å². The SMILES string of the molecule is C[C@@H]1CN(S(=O)(=O)c2cnn(CCN)c2)C[C@H](C)O1. The van der Waals surface area contributed by atoms with Crippen molar-refractivity contribution in [2.24, 2.45) is 5.73 Å². The van der Waals surface area contributed by atoms with E-state index in [1.807, 2.05) is 13.8 Å². The van der Waals surface area contributed by atoms with Crippen molar-refractivity contribution in [3.63, 3.8) is 0 Å². The standard InChI is InChI=1S/C11H20N4O3S/c1-9-6-15(7-10(2)18-9)19(16,17)11-5-13-14(8-11)4-3-12/h5,8-10H,3-4,6-7,12H2,1-2H3/t9-,10+. The van der Waals surface area contributed by atoms with Crippen LogP contribution in [0, 0.1) is 0 Å². The van der Waals surface area contributed by atoms with Gasteiger partial charge in [0, 0.05) is 25.8 Å². The van der Waals surface area contributed by atoms with Gasteiger partial charge in [-0.1, -0.05) is 0 Å². The van der Waals surface area contributed by atoms with Crippen molar-refractivity contribution in [1.82, 2.24) is 14.1 Å². The molecule has 0 aromatic carbocycles. The predicted octanol–water partition coefficient (Wildman–Crippen LogP) is -0.360. The molecule has 1 aliphatic heterocycles. The second-order valence-electron chi connectivity index (χ2n) is 4.81. The number of hydrogen-bond acceptors (Lipinski definition) is 5. The third kappa shape index (κ3) is 3.14. The summed E-state index contributed by atoms with van der Waals surface area (Å²) in [6.07, 6.45) is 2.69. The summed E-state index contributed by atoms with van der Waals surface area (Å²) in [5, 5.41) is 4.00. The van der Waals surface area contributed by atoms with Crippen LogP contribution in [0.5, 0.6) is 0 Å². The number of morpholine rings is 1. The average molecular weight is 288 g/mol. The van der Waals surface area contributed by atoms with Crippen molar-refractivity contribution < 1.29 is 13.2 Å². The maximum absolute atomic E-state index is 12.5. The van der Waals surface area contributed by atoms with Crippen LogP contribution in [0.1, 0.15) is 13.8 Å². The largest absolute Gasteiger partial charge is 0.373 e. The second kappa shape index (κ2) is 5.58. The fourth-order valence-electron chi connectivity index (χ4n) is 2.21. The first kappa shape index (κ1) is 14.4. The van der Waals surface area contributed by atoms with Gasteiger partial charge in [0.2, 0.25) is 10.0 Å². The van der Waals surface area contributed by atoms with Crippen LogP contribution in [0.25, 0.3) is 0 Å². The van der Waals surface area contributed by atoms with E-state index >= 15 is 0 Å². The Hall–Kier alpha value is -0.960. The second-order valence-corrected chi connectivity index (χ2v) is 6.75. The number of rotatable bonds is 4. The highest BCUT2D eigenvalue weighted by atomic mass is 32.2. The molecule has 7 nitrogen and oxygen atoms in total. The van der Waals surface area contributed by atoms with Crippen molar-refractivity contribution in [2.45, 2.75) is 37.5 Å². The molecule has 0 aliphatic carbocycles. The molecule has 0 spiro atoms. The van der Waals surface area contributed by atoms with Gasteiger partial charge >= 0.3 is 0 Å². The van der Waals surface area contributed by atoms with E-state index in [-0.39, 0.29) is 17.1 Å². The first-order valence-electron chi connectivity index (χ1n) is 6.31. The van der Waals surface area contributed by atoms with E-state index in [4.69, 9.17) is 10.5 Å². The van der Waals surface area contributed by atoms with Crippen LogP contribution >= 0.6 is 0 Å². The molecule has 1 saturated heterocycles. The van der Waals surface area contributed by atoms with Crippen LogP contribution in [0.2, 0.25) is 0 Å². The quantitative estimate of drug-likeness (QED) is 0.817. The van der Waals surface area contributed by atoms with Crippen molar-refractivity contribution in [3.8, 4) is 0 Å². The van der Waals surface area contributed by atoms with Crippen LogP contribution in [0.4, 0.5) is 0 Å². The number of aromatic nitrogens is 2. The summed E-state index contributed by atoms with van der Waals surface area (Å²) in [5.74, 6) is 0. The molecule has 1 aliphatic rings. The Labute approximate surface area is 113 Å². The highest BCUT2D eigenvalue weighted by Crippen LogP contribution is 2.20. The highest BCUT2D eigenvalue weighted by Gasteiger charge is 2.32. The summed E-state index contributed by atoms with van der Waals surface area (Å²) < 4.78 is 33.5. The van der Waals surface area contributed by atoms with Crippen molar-refractivity contribution in [2.75, 3.05) is 19.6 Å². The van der Waals surface area contributed by atoms with Crippen LogP contribution in [-0.2, 0) is 21.3 Å². The smallest absolute Gasteiger partial charge is 0.246 e. The molecule has 19 heavy (non-hydrogen) atoms. The Balaban J connectivity index is 2.20. The molecule has 1 aromatic rings. The molecule has 2 atom stereocenters. The van der Waals surface area contributed by atoms with E-state index in [9.17, 15) is 8.42 Å². The molecule has 0 amide bonds. The average Bonchev–Trinajstić information content (AvgIpc) is 2.77. The molecule has 2 rings (SSSR count). The zero-order chi connectivity index (χ0) is 14.0. The van der Waals surface area contributed by atoms with Gasteiger partial charge in [0.1, 0.15) is 4.90 Å². The maximum atomic E-state index is 12.5. The lowest BCUT2D eigenvalue weighted by atomic mass is 10.3. The zero-order valence-corrected chi connectivity index (χ0v) is 12.0. The fourth-order valence-corrected chi connectivity index (χ4v) is 3.75. The Morgan fingerprint density at radius 3 is 2.63 bits per heavy atom. The maximum Gasteiger partial charge on any atom is 0.246 e. The van der Waals surface area contributed by atoms with Crippen molar-refractivity contribution >= 4 is 10.0 Å². The highest BCUT2D eigenvalue weighted by molar-refractivity contribution is 7.89. The topological polar surface area (TPSA) is 90.5 Å². The van der Waals surface area contributed by atoms with Gasteiger partial charge in [0.05, 0.1) is 24.9 Å². The van der Waals surface area contributed by atoms with Crippen molar-refractivity contribution in [3.05, 3.63) is 12.4 Å². The van der Waals surface area contributed by atoms with Crippen molar-refractivity contribution in [1.29, 1.82) is 0 Å². The molecule has 8 heteroatoms. The molecule has 1 fully saturated rings. The number of nitrogens with zero attached hydrogens (tertiary/aromatic N) is 3. The molecule has 0 saturated carbocycles. The van der Waals surface area contributed by atoms with Crippen LogP contribution in [-0.4, -0.2) is 54.3 Å². The summed E-state index contributed by atoms with van der Waals surface area (Å²) in [6, 6.07) is 0. The third-order valence-electron chi connectivity index (χ3n) is 2.99. The van der Waals surface area contributed by atoms with E-state index < -0.39 is 10.0 Å². The molecule has 1 aromatic heterocycles. The Bertz CT molecular complexity index is 518. The van der Waals surface area contributed by atoms with E-state index in [2.05, 4.69) is 5.10 Å². The van der Waals surface area contributed by atoms with Gasteiger partial charge in [-0.15, -0.1) is 0 Å². The van der Waals surface area contributed by atoms with Crippen LogP contribution < -0.4 is 5.73 Å². The van der Waals surface area contributed by atoms with E-state index in [1.54, 1.807) is 4.68 Å². The summed E-state index contributed by atoms with van der Waals surface area (Å²) in [4.78, 5) is 0.210. The summed E-state index contributed by atoms with van der Waals surface area (Å²) >= 11 is 0. The van der Waals surface area contributed by atoms with Gasteiger partial charge in [-0.2, -0.15) is 9.40 Å². The van der Waals surface area contributed by atoms with Gasteiger partial charge in [0.15, 0.2) is 0 Å². The van der Waals surface area contributed by atoms with Gasteiger partial charge in [-0.05, 0) is 13.8 Å². The number of sulfonamides is 1. The lowest BCUT2D eigenvalue weighted by Crippen LogP contribution is -2.48. The minimum Gasteiger partial charge on any atom is -0.373 e. The molecule has 0 radical (unpaired) electrons. The molecule has 108 valence electrons. The minimum atomic E-state index is -3.50. The number of nitrogens with two attached hydrogens (primary N) is 1. The lowest BCUT2D eigenvalue weighted by Gasteiger charge is -2.34. The molecule has 0 bridgehead atoms. The molecule has 2 N–H and O–H groups in total. The zero-order valence-electron chi connectivity index (χ0n) is 11.2. The Morgan fingerprint density at radius 2 is 2.05 bits per heavy atom. The monoisotopic (exact) mass is 288 g/mol. The Morgan fingerprint density at radius 1 is 1.42 bits per heavy atom. The first-order chi connectivity index (χ1) is 8.93. The summed E-state index contributed by atoms with van der Waals surface area (Å²) in [5.41, 5.74) is 5.42.